The maximum Gasteiger partial charge on any atom is 0.338 e. The van der Waals surface area contributed by atoms with Crippen LogP contribution >= 0.6 is 0 Å². The Balaban J connectivity index is 1.74. The van der Waals surface area contributed by atoms with Crippen LogP contribution < -0.4 is 10.2 Å². The molecule has 1 aliphatic rings. The van der Waals surface area contributed by atoms with E-state index >= 15 is 0 Å². The van der Waals surface area contributed by atoms with E-state index in [-0.39, 0.29) is 24.3 Å². The second kappa shape index (κ2) is 11.5. The van der Waals surface area contributed by atoms with E-state index in [1.165, 1.54) is 11.2 Å². The molecule has 2 heterocycles. The zero-order valence-electron chi connectivity index (χ0n) is 19.7. The third-order valence-corrected chi connectivity index (χ3v) is 6.09. The van der Waals surface area contributed by atoms with Crippen LogP contribution in [0.2, 0.25) is 0 Å². The number of benzene rings is 1. The highest BCUT2D eigenvalue weighted by Gasteiger charge is 2.35. The van der Waals surface area contributed by atoms with Crippen molar-refractivity contribution in [2.75, 3.05) is 11.5 Å². The van der Waals surface area contributed by atoms with Crippen molar-refractivity contribution >= 4 is 23.5 Å². The number of carbonyl (C=O) groups is 3. The lowest BCUT2D eigenvalue weighted by molar-refractivity contribution is -0.123. The number of amides is 2. The quantitative estimate of drug-likeness (QED) is 0.475. The van der Waals surface area contributed by atoms with Crippen molar-refractivity contribution in [3.63, 3.8) is 0 Å². The Hall–Kier alpha value is -3.94. The van der Waals surface area contributed by atoms with Crippen molar-refractivity contribution in [2.45, 2.75) is 51.1 Å². The largest absolute Gasteiger partial charge is 0.462 e. The predicted octanol–water partition coefficient (Wildman–Crippen LogP) is 4.69. The monoisotopic (exact) mass is 475 g/mol. The van der Waals surface area contributed by atoms with E-state index in [1.54, 1.807) is 67.8 Å². The highest BCUT2D eigenvalue weighted by molar-refractivity contribution is 6.09. The van der Waals surface area contributed by atoms with Crippen LogP contribution in [0, 0.1) is 0 Å². The van der Waals surface area contributed by atoms with E-state index in [2.05, 4.69) is 10.3 Å². The van der Waals surface area contributed by atoms with Crippen LogP contribution in [-0.2, 0) is 9.53 Å². The fourth-order valence-electron chi connectivity index (χ4n) is 4.37. The molecule has 1 saturated carbocycles. The van der Waals surface area contributed by atoms with Crippen molar-refractivity contribution in [2.24, 2.45) is 0 Å². The van der Waals surface area contributed by atoms with Gasteiger partial charge in [0.25, 0.3) is 5.91 Å². The number of nitrogens with zero attached hydrogens (tertiary/aromatic N) is 2. The molecular formula is C27H29N3O5. The molecule has 1 aromatic carbocycles. The van der Waals surface area contributed by atoms with E-state index in [1.807, 2.05) is 0 Å². The molecule has 182 valence electrons. The summed E-state index contributed by atoms with van der Waals surface area (Å²) in [6.45, 7) is 2.00. The molecule has 0 unspecified atom stereocenters. The zero-order valence-corrected chi connectivity index (χ0v) is 19.7. The maximum atomic E-state index is 13.7. The average molecular weight is 476 g/mol. The molecule has 0 radical (unpaired) electrons. The Bertz CT molecular complexity index is 1120. The molecule has 35 heavy (non-hydrogen) atoms. The standard InChI is InChI=1S/C27H29N3O5/c1-2-34-27(33)20-10-12-22(13-11-20)30(26(32)23-9-6-18-35-23)24(19-14-16-28-17-15-19)25(31)29-21-7-4-3-5-8-21/h6,9-18,21,24H,2-5,7-8H2,1H3,(H,29,31)/t24-/m1/s1. The van der Waals surface area contributed by atoms with Crippen molar-refractivity contribution in [3.8, 4) is 0 Å². The number of anilines is 1. The van der Waals surface area contributed by atoms with E-state index < -0.39 is 17.9 Å². The second-order valence-corrected chi connectivity index (χ2v) is 8.45. The Morgan fingerprint density at radius 3 is 2.40 bits per heavy atom. The van der Waals surface area contributed by atoms with Crippen molar-refractivity contribution in [1.29, 1.82) is 0 Å². The van der Waals surface area contributed by atoms with Crippen LogP contribution in [0.4, 0.5) is 5.69 Å². The highest BCUT2D eigenvalue weighted by Crippen LogP contribution is 2.31. The van der Waals surface area contributed by atoms with Gasteiger partial charge < -0.3 is 14.5 Å². The van der Waals surface area contributed by atoms with E-state index in [9.17, 15) is 14.4 Å². The molecule has 1 atom stereocenters. The number of carbonyl (C=O) groups excluding carboxylic acids is 3. The molecule has 2 aromatic heterocycles. The summed E-state index contributed by atoms with van der Waals surface area (Å²) in [6.07, 6.45) is 9.72. The van der Waals surface area contributed by atoms with Gasteiger partial charge in [-0.25, -0.2) is 4.79 Å². The first-order valence-electron chi connectivity index (χ1n) is 11.9. The van der Waals surface area contributed by atoms with E-state index in [4.69, 9.17) is 9.15 Å². The molecule has 0 saturated heterocycles. The van der Waals surface area contributed by atoms with Gasteiger partial charge in [0.05, 0.1) is 18.4 Å². The Morgan fingerprint density at radius 2 is 1.77 bits per heavy atom. The van der Waals surface area contributed by atoms with Gasteiger partial charge in [0.15, 0.2) is 5.76 Å². The zero-order chi connectivity index (χ0) is 24.6. The average Bonchev–Trinajstić information content (AvgIpc) is 3.43. The van der Waals surface area contributed by atoms with Gasteiger partial charge in [0.1, 0.15) is 6.04 Å². The number of hydrogen-bond acceptors (Lipinski definition) is 6. The van der Waals surface area contributed by atoms with Crippen molar-refractivity contribution in [3.05, 3.63) is 84.1 Å². The summed E-state index contributed by atoms with van der Waals surface area (Å²) in [4.78, 5) is 45.0. The first kappa shape index (κ1) is 24.2. The summed E-state index contributed by atoms with van der Waals surface area (Å²) in [5.41, 5.74) is 1.41. The molecule has 4 rings (SSSR count). The van der Waals surface area contributed by atoms with Crippen LogP contribution in [0.1, 0.15) is 71.5 Å². The molecule has 2 amide bonds. The number of furan rings is 1. The lowest BCUT2D eigenvalue weighted by atomic mass is 9.94. The minimum Gasteiger partial charge on any atom is -0.462 e. The second-order valence-electron chi connectivity index (χ2n) is 8.45. The van der Waals surface area contributed by atoms with Crippen LogP contribution in [0.3, 0.4) is 0 Å². The molecule has 1 fully saturated rings. The Kier molecular flexibility index (Phi) is 7.92. The summed E-state index contributed by atoms with van der Waals surface area (Å²) in [5, 5.41) is 3.16. The Morgan fingerprint density at radius 1 is 1.06 bits per heavy atom. The molecule has 1 N–H and O–H groups in total. The van der Waals surface area contributed by atoms with Gasteiger partial charge in [0.2, 0.25) is 5.91 Å². The lowest BCUT2D eigenvalue weighted by Gasteiger charge is -2.33. The number of pyridine rings is 1. The number of ether oxygens (including phenoxy) is 1. The fraction of sp³-hybridized carbons (Fsp3) is 0.333. The van der Waals surface area contributed by atoms with Crippen LogP contribution in [0.15, 0.2) is 71.6 Å². The normalized spacial score (nSPS) is 14.7. The maximum absolute atomic E-state index is 13.7. The third kappa shape index (κ3) is 5.77. The summed E-state index contributed by atoms with van der Waals surface area (Å²) in [5.74, 6) is -1.11. The summed E-state index contributed by atoms with van der Waals surface area (Å²) >= 11 is 0. The van der Waals surface area contributed by atoms with E-state index in [0.29, 0.717) is 16.8 Å². The number of hydrogen-bond donors (Lipinski definition) is 1. The number of rotatable bonds is 8. The molecule has 1 aliphatic carbocycles. The van der Waals surface area contributed by atoms with Crippen LogP contribution in [0.25, 0.3) is 0 Å². The number of aromatic nitrogens is 1. The van der Waals surface area contributed by atoms with Crippen molar-refractivity contribution in [1.82, 2.24) is 10.3 Å². The fourth-order valence-corrected chi connectivity index (χ4v) is 4.37. The van der Waals surface area contributed by atoms with Gasteiger partial charge in [-0.2, -0.15) is 0 Å². The highest BCUT2D eigenvalue weighted by atomic mass is 16.5. The minimum atomic E-state index is -0.967. The summed E-state index contributed by atoms with van der Waals surface area (Å²) in [6, 6.07) is 12.2. The topological polar surface area (TPSA) is 102 Å². The van der Waals surface area contributed by atoms with Gasteiger partial charge in [-0.15, -0.1) is 0 Å². The van der Waals surface area contributed by atoms with Gasteiger partial charge in [0, 0.05) is 24.1 Å². The molecule has 8 nitrogen and oxygen atoms in total. The predicted molar refractivity (Wildman–Crippen MR) is 130 cm³/mol. The smallest absolute Gasteiger partial charge is 0.338 e. The van der Waals surface area contributed by atoms with E-state index in [0.717, 1.165) is 32.1 Å². The van der Waals surface area contributed by atoms with Gasteiger partial charge in [-0.1, -0.05) is 19.3 Å². The molecule has 8 heteroatoms. The molecule has 0 spiro atoms. The summed E-state index contributed by atoms with van der Waals surface area (Å²) in [7, 11) is 0. The van der Waals surface area contributed by atoms with Gasteiger partial charge >= 0.3 is 5.97 Å². The molecule has 0 aliphatic heterocycles. The summed E-state index contributed by atoms with van der Waals surface area (Å²) < 4.78 is 10.5. The minimum absolute atomic E-state index is 0.0624. The van der Waals surface area contributed by atoms with Crippen LogP contribution in [-0.4, -0.2) is 35.4 Å². The number of esters is 1. The SMILES string of the molecule is CCOC(=O)c1ccc(N(C(=O)c2ccco2)[C@@H](C(=O)NC2CCCCC2)c2ccncc2)cc1. The van der Waals surface area contributed by atoms with Gasteiger partial charge in [-0.3, -0.25) is 19.5 Å². The van der Waals surface area contributed by atoms with Crippen LogP contribution in [0.5, 0.6) is 0 Å². The Labute approximate surface area is 204 Å². The van der Waals surface area contributed by atoms with Crippen molar-refractivity contribution < 1.29 is 23.5 Å². The first-order valence-corrected chi connectivity index (χ1v) is 11.9. The first-order chi connectivity index (χ1) is 17.1. The molecule has 3 aromatic rings. The third-order valence-electron chi connectivity index (χ3n) is 6.09. The van der Waals surface area contributed by atoms with Gasteiger partial charge in [-0.05, 0) is 73.9 Å². The number of nitrogens with one attached hydrogen (secondary N) is 1. The molecule has 0 bridgehead atoms. The lowest BCUT2D eigenvalue weighted by Crippen LogP contribution is -2.47. The molecular weight excluding hydrogens is 446 g/mol.